The van der Waals surface area contributed by atoms with Gasteiger partial charge in [0.2, 0.25) is 0 Å². The highest BCUT2D eigenvalue weighted by Crippen LogP contribution is 2.33. The monoisotopic (exact) mass is 339 g/mol. The fourth-order valence-corrected chi connectivity index (χ4v) is 3.59. The molecule has 4 heteroatoms. The number of ether oxygens (including phenoxy) is 1. The number of thiophene rings is 1. The van der Waals surface area contributed by atoms with Crippen molar-refractivity contribution in [2.45, 2.75) is 19.9 Å². The molecule has 0 radical (unpaired) electrons. The summed E-state index contributed by atoms with van der Waals surface area (Å²) >= 11 is 5.40. The number of methoxy groups -OCH3 is 1. The van der Waals surface area contributed by atoms with Crippen molar-refractivity contribution >= 4 is 27.3 Å². The maximum absolute atomic E-state index is 5.26. The molecule has 1 unspecified atom stereocenters. The van der Waals surface area contributed by atoms with Gasteiger partial charge in [-0.25, -0.2) is 0 Å². The molecule has 2 nitrogen and oxygen atoms in total. The van der Waals surface area contributed by atoms with E-state index in [0.29, 0.717) is 0 Å². The fraction of sp³-hybridized carbons (Fsp3) is 0.333. The average Bonchev–Trinajstić information content (AvgIpc) is 2.82. The van der Waals surface area contributed by atoms with Gasteiger partial charge in [-0.05, 0) is 53.1 Å². The SMILES string of the molecule is CCNC(c1cscc1C)c1ccc(OC)cc1Br. The van der Waals surface area contributed by atoms with Crippen LogP contribution in [0.15, 0.2) is 33.4 Å². The average molecular weight is 340 g/mol. The Kier molecular flexibility index (Phi) is 5.02. The molecular formula is C15H18BrNOS. The molecule has 0 amide bonds. The number of benzene rings is 1. The normalized spacial score (nSPS) is 12.4. The van der Waals surface area contributed by atoms with Crippen LogP contribution in [-0.2, 0) is 0 Å². The minimum atomic E-state index is 0.219. The molecule has 0 spiro atoms. The van der Waals surface area contributed by atoms with Gasteiger partial charge in [-0.2, -0.15) is 11.3 Å². The minimum Gasteiger partial charge on any atom is -0.497 e. The summed E-state index contributed by atoms with van der Waals surface area (Å²) in [5.74, 6) is 0.868. The van der Waals surface area contributed by atoms with Crippen LogP contribution in [0.5, 0.6) is 5.75 Å². The Hall–Kier alpha value is -0.840. The quantitative estimate of drug-likeness (QED) is 0.864. The highest BCUT2D eigenvalue weighted by Gasteiger charge is 2.18. The first kappa shape index (κ1) is 14.6. The first-order valence-corrected chi connectivity index (χ1v) is 8.00. The predicted octanol–water partition coefficient (Wildman–Crippen LogP) is 4.53. The van der Waals surface area contributed by atoms with Crippen molar-refractivity contribution in [2.24, 2.45) is 0 Å². The van der Waals surface area contributed by atoms with E-state index in [-0.39, 0.29) is 6.04 Å². The van der Waals surface area contributed by atoms with Crippen LogP contribution in [0.25, 0.3) is 0 Å². The Morgan fingerprint density at radius 1 is 1.32 bits per heavy atom. The number of nitrogens with one attached hydrogen (secondary N) is 1. The third-order valence-corrected chi connectivity index (χ3v) is 4.70. The van der Waals surface area contributed by atoms with Crippen molar-refractivity contribution in [3.8, 4) is 5.75 Å². The van der Waals surface area contributed by atoms with Crippen molar-refractivity contribution in [1.29, 1.82) is 0 Å². The lowest BCUT2D eigenvalue weighted by molar-refractivity contribution is 0.414. The molecule has 0 aliphatic rings. The van der Waals surface area contributed by atoms with Crippen molar-refractivity contribution < 1.29 is 4.74 Å². The molecule has 2 aromatic rings. The Morgan fingerprint density at radius 3 is 2.63 bits per heavy atom. The zero-order valence-corrected chi connectivity index (χ0v) is 13.8. The molecule has 0 aliphatic carbocycles. The van der Waals surface area contributed by atoms with Gasteiger partial charge < -0.3 is 10.1 Å². The van der Waals surface area contributed by atoms with Gasteiger partial charge in [-0.15, -0.1) is 0 Å². The van der Waals surface area contributed by atoms with E-state index < -0.39 is 0 Å². The summed E-state index contributed by atoms with van der Waals surface area (Å²) in [4.78, 5) is 0. The summed E-state index contributed by atoms with van der Waals surface area (Å²) in [5.41, 5.74) is 3.92. The first-order valence-electron chi connectivity index (χ1n) is 6.26. The van der Waals surface area contributed by atoms with Gasteiger partial charge in [-0.3, -0.25) is 0 Å². The standard InChI is InChI=1S/C15H18BrNOS/c1-4-17-15(13-9-19-8-10(13)2)12-6-5-11(18-3)7-14(12)16/h5-9,15,17H,4H2,1-3H3. The maximum Gasteiger partial charge on any atom is 0.120 e. The molecule has 0 saturated carbocycles. The lowest BCUT2D eigenvalue weighted by Gasteiger charge is -2.20. The predicted molar refractivity (Wildman–Crippen MR) is 85.3 cm³/mol. The van der Waals surface area contributed by atoms with Gasteiger partial charge in [0.25, 0.3) is 0 Å². The van der Waals surface area contributed by atoms with Gasteiger partial charge in [0.05, 0.1) is 13.2 Å². The zero-order valence-electron chi connectivity index (χ0n) is 11.4. The molecule has 0 aliphatic heterocycles. The third kappa shape index (κ3) is 3.19. The van der Waals surface area contributed by atoms with E-state index in [1.54, 1.807) is 18.4 Å². The van der Waals surface area contributed by atoms with Gasteiger partial charge in [0.1, 0.15) is 5.75 Å². The topological polar surface area (TPSA) is 21.3 Å². The highest BCUT2D eigenvalue weighted by atomic mass is 79.9. The number of hydrogen-bond acceptors (Lipinski definition) is 3. The molecule has 1 aromatic carbocycles. The van der Waals surface area contributed by atoms with Crippen LogP contribution >= 0.6 is 27.3 Å². The highest BCUT2D eigenvalue weighted by molar-refractivity contribution is 9.10. The van der Waals surface area contributed by atoms with Crippen LogP contribution in [-0.4, -0.2) is 13.7 Å². The summed E-state index contributed by atoms with van der Waals surface area (Å²) in [6, 6.07) is 6.36. The van der Waals surface area contributed by atoms with Crippen molar-refractivity contribution in [3.63, 3.8) is 0 Å². The molecule has 1 heterocycles. The maximum atomic E-state index is 5.26. The van der Waals surface area contributed by atoms with E-state index in [1.165, 1.54) is 16.7 Å². The number of aryl methyl sites for hydroxylation is 1. The van der Waals surface area contributed by atoms with Crippen LogP contribution in [0.3, 0.4) is 0 Å². The molecule has 102 valence electrons. The minimum absolute atomic E-state index is 0.219. The Labute approximate surface area is 126 Å². The molecular weight excluding hydrogens is 322 g/mol. The second kappa shape index (κ2) is 6.55. The van der Waals surface area contributed by atoms with Crippen LogP contribution in [0, 0.1) is 6.92 Å². The summed E-state index contributed by atoms with van der Waals surface area (Å²) in [7, 11) is 1.69. The number of hydrogen-bond donors (Lipinski definition) is 1. The van der Waals surface area contributed by atoms with E-state index in [0.717, 1.165) is 16.8 Å². The van der Waals surface area contributed by atoms with Crippen LogP contribution in [0.2, 0.25) is 0 Å². The molecule has 2 rings (SSSR count). The third-order valence-electron chi connectivity index (χ3n) is 3.13. The molecule has 0 saturated heterocycles. The van der Waals surface area contributed by atoms with E-state index in [4.69, 9.17) is 4.74 Å². The van der Waals surface area contributed by atoms with Gasteiger partial charge in [0.15, 0.2) is 0 Å². The Morgan fingerprint density at radius 2 is 2.11 bits per heavy atom. The lowest BCUT2D eigenvalue weighted by Crippen LogP contribution is -2.22. The smallest absolute Gasteiger partial charge is 0.120 e. The summed E-state index contributed by atoms with van der Waals surface area (Å²) in [6.07, 6.45) is 0. The molecule has 0 fully saturated rings. The summed E-state index contributed by atoms with van der Waals surface area (Å²) < 4.78 is 6.33. The van der Waals surface area contributed by atoms with Gasteiger partial charge >= 0.3 is 0 Å². The summed E-state index contributed by atoms with van der Waals surface area (Å²) in [5, 5.41) is 7.97. The van der Waals surface area contributed by atoms with E-state index in [9.17, 15) is 0 Å². The van der Waals surface area contributed by atoms with Crippen LogP contribution in [0.4, 0.5) is 0 Å². The Bertz CT molecular complexity index is 553. The summed E-state index contributed by atoms with van der Waals surface area (Å²) in [6.45, 7) is 5.22. The second-order valence-corrected chi connectivity index (χ2v) is 5.99. The zero-order chi connectivity index (χ0) is 13.8. The largest absolute Gasteiger partial charge is 0.497 e. The molecule has 0 bridgehead atoms. The number of rotatable bonds is 5. The van der Waals surface area contributed by atoms with E-state index in [2.05, 4.69) is 51.9 Å². The lowest BCUT2D eigenvalue weighted by atomic mass is 9.98. The van der Waals surface area contributed by atoms with E-state index in [1.807, 2.05) is 12.1 Å². The van der Waals surface area contributed by atoms with Crippen molar-refractivity contribution in [1.82, 2.24) is 5.32 Å². The molecule has 1 aromatic heterocycles. The van der Waals surface area contributed by atoms with Crippen molar-refractivity contribution in [2.75, 3.05) is 13.7 Å². The van der Waals surface area contributed by atoms with Crippen LogP contribution in [0.1, 0.15) is 29.7 Å². The fourth-order valence-electron chi connectivity index (χ4n) is 2.13. The molecule has 19 heavy (non-hydrogen) atoms. The molecule has 1 atom stereocenters. The Balaban J connectivity index is 2.42. The van der Waals surface area contributed by atoms with Crippen molar-refractivity contribution in [3.05, 3.63) is 50.1 Å². The molecule has 1 N–H and O–H groups in total. The number of halogens is 1. The van der Waals surface area contributed by atoms with E-state index >= 15 is 0 Å². The van der Waals surface area contributed by atoms with Gasteiger partial charge in [0, 0.05) is 4.47 Å². The van der Waals surface area contributed by atoms with Crippen LogP contribution < -0.4 is 10.1 Å². The second-order valence-electron chi connectivity index (χ2n) is 4.39. The first-order chi connectivity index (χ1) is 9.17. The van der Waals surface area contributed by atoms with Gasteiger partial charge in [-0.1, -0.05) is 28.9 Å².